The van der Waals surface area contributed by atoms with Crippen LogP contribution in [0.1, 0.15) is 12.0 Å². The van der Waals surface area contributed by atoms with Crippen molar-refractivity contribution in [2.45, 2.75) is 17.7 Å². The van der Waals surface area contributed by atoms with Gasteiger partial charge in [-0.25, -0.2) is 12.4 Å². The lowest BCUT2D eigenvalue weighted by Crippen LogP contribution is -2.11. The van der Waals surface area contributed by atoms with Crippen LogP contribution in [0.15, 0.2) is 94.9 Å². The molecule has 1 N–H and O–H groups in total. The fourth-order valence-corrected chi connectivity index (χ4v) is 5.91. The van der Waals surface area contributed by atoms with E-state index in [-0.39, 0.29) is 17.7 Å². The number of aliphatic carboxylic acids is 1. The first-order valence-corrected chi connectivity index (χ1v) is 13.1. The first-order valence-electron chi connectivity index (χ1n) is 10.7. The van der Waals surface area contributed by atoms with Gasteiger partial charge in [-0.2, -0.15) is 11.3 Å². The lowest BCUT2D eigenvalue weighted by molar-refractivity contribution is -0.136. The molecule has 9 heteroatoms. The number of pyridine rings is 1. The molecule has 0 aliphatic rings. The Labute approximate surface area is 205 Å². The monoisotopic (exact) mass is 504 g/mol. The maximum absolute atomic E-state index is 13.6. The van der Waals surface area contributed by atoms with Crippen LogP contribution in [0.25, 0.3) is 22.0 Å². The molecule has 0 amide bonds. The SMILES string of the molecule is O=C(O)CCc1cn(S(=O)(=O)c2ccc(Oc3ccncc3)cc2)c2ccc(-c3ccsc3)cc12. The van der Waals surface area contributed by atoms with Gasteiger partial charge in [-0.15, -0.1) is 0 Å². The molecule has 176 valence electrons. The number of fused-ring (bicyclic) bond motifs is 1. The smallest absolute Gasteiger partial charge is 0.303 e. The van der Waals surface area contributed by atoms with Gasteiger partial charge in [0.1, 0.15) is 11.5 Å². The Kier molecular flexibility index (Phi) is 6.10. The van der Waals surface area contributed by atoms with Crippen molar-refractivity contribution in [1.82, 2.24) is 8.96 Å². The molecule has 0 aliphatic heterocycles. The van der Waals surface area contributed by atoms with Gasteiger partial charge in [-0.1, -0.05) is 6.07 Å². The van der Waals surface area contributed by atoms with Crippen molar-refractivity contribution < 1.29 is 23.1 Å². The van der Waals surface area contributed by atoms with E-state index in [1.54, 1.807) is 54.1 Å². The number of carboxylic acids is 1. The van der Waals surface area contributed by atoms with Gasteiger partial charge in [-0.05, 0) is 88.5 Å². The third-order valence-corrected chi connectivity index (χ3v) is 7.95. The van der Waals surface area contributed by atoms with Gasteiger partial charge in [0.05, 0.1) is 10.4 Å². The average Bonchev–Trinajstić information content (AvgIpc) is 3.52. The van der Waals surface area contributed by atoms with E-state index < -0.39 is 16.0 Å². The molecular formula is C26H20N2O5S2. The maximum atomic E-state index is 13.6. The molecule has 35 heavy (non-hydrogen) atoms. The summed E-state index contributed by atoms with van der Waals surface area (Å²) in [5.74, 6) is 0.152. The van der Waals surface area contributed by atoms with Gasteiger partial charge in [0.2, 0.25) is 0 Å². The zero-order chi connectivity index (χ0) is 24.4. The molecule has 0 bridgehead atoms. The Morgan fingerprint density at radius 3 is 2.40 bits per heavy atom. The summed E-state index contributed by atoms with van der Waals surface area (Å²) in [5, 5.41) is 13.9. The van der Waals surface area contributed by atoms with Crippen molar-refractivity contribution >= 4 is 38.2 Å². The van der Waals surface area contributed by atoms with E-state index >= 15 is 0 Å². The van der Waals surface area contributed by atoms with Crippen molar-refractivity contribution in [3.8, 4) is 22.6 Å². The van der Waals surface area contributed by atoms with Crippen LogP contribution in [-0.2, 0) is 21.2 Å². The minimum absolute atomic E-state index is 0.0944. The quantitative estimate of drug-likeness (QED) is 0.286. The summed E-state index contributed by atoms with van der Waals surface area (Å²) in [6.45, 7) is 0. The minimum Gasteiger partial charge on any atom is -0.481 e. The largest absolute Gasteiger partial charge is 0.481 e. The lowest BCUT2D eigenvalue weighted by Gasteiger charge is -2.10. The predicted octanol–water partition coefficient (Wildman–Crippen LogP) is 5.81. The van der Waals surface area contributed by atoms with Gasteiger partial charge in [0, 0.05) is 30.4 Å². The summed E-state index contributed by atoms with van der Waals surface area (Å²) in [4.78, 5) is 15.3. The van der Waals surface area contributed by atoms with Crippen LogP contribution < -0.4 is 4.74 Å². The standard InChI is InChI=1S/C26H20N2O5S2/c29-26(30)8-2-19-16-28(25-7-1-18(15-24(19)25)20-11-14-34-17-20)35(31,32)23-5-3-21(4-6-23)33-22-9-12-27-13-10-22/h1,3-7,9-17H,2,8H2,(H,29,30). The zero-order valence-corrected chi connectivity index (χ0v) is 20.0. The highest BCUT2D eigenvalue weighted by atomic mass is 32.2. The number of benzene rings is 2. The van der Waals surface area contributed by atoms with Crippen LogP contribution in [0.5, 0.6) is 11.5 Å². The first kappa shape index (κ1) is 22.8. The number of rotatable bonds is 8. The topological polar surface area (TPSA) is 98.5 Å². The highest BCUT2D eigenvalue weighted by Gasteiger charge is 2.22. The molecule has 0 spiro atoms. The van der Waals surface area contributed by atoms with Crippen molar-refractivity contribution in [2.75, 3.05) is 0 Å². The fourth-order valence-electron chi connectivity index (χ4n) is 3.85. The number of ether oxygens (including phenoxy) is 1. The molecule has 0 atom stereocenters. The summed E-state index contributed by atoms with van der Waals surface area (Å²) >= 11 is 1.57. The van der Waals surface area contributed by atoms with Crippen molar-refractivity contribution in [2.24, 2.45) is 0 Å². The number of hydrogen-bond acceptors (Lipinski definition) is 6. The fraction of sp³-hybridized carbons (Fsp3) is 0.0769. The summed E-state index contributed by atoms with van der Waals surface area (Å²) in [5.41, 5.74) is 3.15. The molecular weight excluding hydrogens is 484 g/mol. The van der Waals surface area contributed by atoms with Gasteiger partial charge < -0.3 is 9.84 Å². The number of nitrogens with zero attached hydrogens (tertiary/aromatic N) is 2. The van der Waals surface area contributed by atoms with Gasteiger partial charge in [0.25, 0.3) is 10.0 Å². The second-order valence-corrected chi connectivity index (χ2v) is 10.4. The van der Waals surface area contributed by atoms with E-state index in [4.69, 9.17) is 4.74 Å². The molecule has 5 rings (SSSR count). The number of thiophene rings is 1. The van der Waals surface area contributed by atoms with Crippen LogP contribution in [0.2, 0.25) is 0 Å². The van der Waals surface area contributed by atoms with E-state index in [0.717, 1.165) is 16.5 Å². The van der Waals surface area contributed by atoms with Crippen molar-refractivity contribution in [1.29, 1.82) is 0 Å². The second-order valence-electron chi connectivity index (χ2n) is 7.85. The maximum Gasteiger partial charge on any atom is 0.303 e. The van der Waals surface area contributed by atoms with Crippen LogP contribution in [0.4, 0.5) is 0 Å². The van der Waals surface area contributed by atoms with Crippen LogP contribution in [0, 0.1) is 0 Å². The van der Waals surface area contributed by atoms with Crippen molar-refractivity contribution in [3.05, 3.63) is 95.6 Å². The molecule has 7 nitrogen and oxygen atoms in total. The molecule has 3 heterocycles. The van der Waals surface area contributed by atoms with E-state index in [1.165, 1.54) is 22.3 Å². The third-order valence-electron chi connectivity index (χ3n) is 5.58. The van der Waals surface area contributed by atoms with Crippen LogP contribution in [0.3, 0.4) is 0 Å². The molecule has 0 saturated heterocycles. The van der Waals surface area contributed by atoms with Crippen molar-refractivity contribution in [3.63, 3.8) is 0 Å². The number of carbonyl (C=O) groups is 1. The van der Waals surface area contributed by atoms with Gasteiger partial charge in [0.15, 0.2) is 0 Å². The molecule has 3 aromatic heterocycles. The van der Waals surface area contributed by atoms with Gasteiger partial charge >= 0.3 is 5.97 Å². The normalized spacial score (nSPS) is 11.5. The Morgan fingerprint density at radius 2 is 1.71 bits per heavy atom. The molecule has 2 aromatic carbocycles. The summed E-state index contributed by atoms with van der Waals surface area (Å²) in [6, 6.07) is 17.2. The molecule has 0 fully saturated rings. The van der Waals surface area contributed by atoms with Crippen LogP contribution >= 0.6 is 11.3 Å². The molecule has 0 radical (unpaired) electrons. The predicted molar refractivity (Wildman–Crippen MR) is 135 cm³/mol. The minimum atomic E-state index is -3.93. The van der Waals surface area contributed by atoms with E-state index in [9.17, 15) is 18.3 Å². The number of hydrogen-bond donors (Lipinski definition) is 1. The van der Waals surface area contributed by atoms with Crippen LogP contribution in [-0.4, -0.2) is 28.5 Å². The first-order chi connectivity index (χ1) is 16.9. The molecule has 0 unspecified atom stereocenters. The lowest BCUT2D eigenvalue weighted by atomic mass is 10.0. The van der Waals surface area contributed by atoms with E-state index in [2.05, 4.69) is 4.98 Å². The second kappa shape index (κ2) is 9.36. The number of carboxylic acid groups (broad SMARTS) is 1. The van der Waals surface area contributed by atoms with Gasteiger partial charge in [-0.3, -0.25) is 9.78 Å². The Hall–Kier alpha value is -3.95. The number of aryl methyl sites for hydroxylation is 1. The number of aromatic nitrogens is 2. The summed E-state index contributed by atoms with van der Waals surface area (Å²) in [7, 11) is -3.93. The van der Waals surface area contributed by atoms with E-state index in [0.29, 0.717) is 22.6 Å². The summed E-state index contributed by atoms with van der Waals surface area (Å²) in [6.07, 6.45) is 4.87. The highest BCUT2D eigenvalue weighted by molar-refractivity contribution is 7.90. The summed E-state index contributed by atoms with van der Waals surface area (Å²) < 4.78 is 34.1. The molecule has 0 saturated carbocycles. The molecule has 5 aromatic rings. The van der Waals surface area contributed by atoms with E-state index in [1.807, 2.05) is 29.0 Å². The zero-order valence-electron chi connectivity index (χ0n) is 18.4. The Balaban J connectivity index is 1.53. The highest BCUT2D eigenvalue weighted by Crippen LogP contribution is 2.32. The average molecular weight is 505 g/mol. The Morgan fingerprint density at radius 1 is 0.971 bits per heavy atom. The molecule has 0 aliphatic carbocycles. The third kappa shape index (κ3) is 4.68. The Bertz CT molecular complexity index is 1590.